The van der Waals surface area contributed by atoms with Gasteiger partial charge in [-0.2, -0.15) is 0 Å². The molecule has 0 spiro atoms. The minimum Gasteiger partial charge on any atom is -0.313 e. The molecule has 1 aromatic carbocycles. The smallest absolute Gasteiger partial charge is 0.0441 e. The average Bonchev–Trinajstić information content (AvgIpc) is 3.13. The fourth-order valence-corrected chi connectivity index (χ4v) is 2.67. The van der Waals surface area contributed by atoms with Gasteiger partial charge in [-0.1, -0.05) is 50.6 Å². The zero-order chi connectivity index (χ0) is 13.9. The van der Waals surface area contributed by atoms with Crippen LogP contribution in [-0.2, 0) is 0 Å². The van der Waals surface area contributed by atoms with Crippen LogP contribution in [-0.4, -0.2) is 12.6 Å². The van der Waals surface area contributed by atoms with E-state index in [1.54, 1.807) is 0 Å². The molecule has 0 amide bonds. The van der Waals surface area contributed by atoms with E-state index >= 15 is 0 Å². The third-order valence-electron chi connectivity index (χ3n) is 3.82. The number of halogens is 1. The Labute approximate surface area is 122 Å². The molecule has 0 radical (unpaired) electrons. The van der Waals surface area contributed by atoms with Crippen LogP contribution in [0.15, 0.2) is 24.3 Å². The summed E-state index contributed by atoms with van der Waals surface area (Å²) in [5.41, 5.74) is 1.69. The minimum atomic E-state index is 0.388. The van der Waals surface area contributed by atoms with Crippen molar-refractivity contribution in [3.8, 4) is 0 Å². The Morgan fingerprint density at radius 3 is 2.53 bits per heavy atom. The van der Waals surface area contributed by atoms with Gasteiger partial charge in [0.15, 0.2) is 0 Å². The fraction of sp³-hybridized carbons (Fsp3) is 0.647. The van der Waals surface area contributed by atoms with E-state index in [4.69, 9.17) is 11.6 Å². The second kappa shape index (κ2) is 6.28. The molecule has 1 saturated carbocycles. The Balaban J connectivity index is 2.01. The zero-order valence-corrected chi connectivity index (χ0v) is 13.1. The summed E-state index contributed by atoms with van der Waals surface area (Å²) in [7, 11) is 0. The summed E-state index contributed by atoms with van der Waals surface area (Å²) in [4.78, 5) is 0. The third-order valence-corrected chi connectivity index (χ3v) is 4.16. The summed E-state index contributed by atoms with van der Waals surface area (Å²) in [5, 5.41) is 4.58. The van der Waals surface area contributed by atoms with Gasteiger partial charge >= 0.3 is 0 Å². The number of rotatable bonds is 6. The summed E-state index contributed by atoms with van der Waals surface area (Å²) in [6.07, 6.45) is 5.12. The predicted octanol–water partition coefficient (Wildman–Crippen LogP) is 5.00. The van der Waals surface area contributed by atoms with Crippen molar-refractivity contribution < 1.29 is 0 Å². The van der Waals surface area contributed by atoms with Crippen molar-refractivity contribution in [2.45, 2.75) is 58.4 Å². The van der Waals surface area contributed by atoms with E-state index in [0.29, 0.717) is 11.3 Å². The lowest BCUT2D eigenvalue weighted by Gasteiger charge is -2.24. The van der Waals surface area contributed by atoms with E-state index in [0.717, 1.165) is 17.6 Å². The lowest BCUT2D eigenvalue weighted by atomic mass is 9.84. The highest BCUT2D eigenvalue weighted by Gasteiger charge is 2.24. The first kappa shape index (κ1) is 14.9. The first-order chi connectivity index (χ1) is 8.96. The van der Waals surface area contributed by atoms with Crippen molar-refractivity contribution >= 4 is 11.6 Å². The van der Waals surface area contributed by atoms with Gasteiger partial charge in [0.2, 0.25) is 0 Å². The molecule has 0 saturated heterocycles. The van der Waals surface area contributed by atoms with Gasteiger partial charge in [-0.05, 0) is 48.6 Å². The Hall–Kier alpha value is -0.530. The van der Waals surface area contributed by atoms with Crippen molar-refractivity contribution in [2.75, 3.05) is 6.54 Å². The highest BCUT2D eigenvalue weighted by atomic mass is 35.5. The van der Waals surface area contributed by atoms with E-state index in [2.05, 4.69) is 38.2 Å². The lowest BCUT2D eigenvalue weighted by molar-refractivity contribution is 0.344. The summed E-state index contributed by atoms with van der Waals surface area (Å²) < 4.78 is 0. The molecule has 0 aliphatic heterocycles. The van der Waals surface area contributed by atoms with Gasteiger partial charge in [0.25, 0.3) is 0 Å². The molecule has 1 aliphatic rings. The molecule has 1 nitrogen and oxygen atoms in total. The molecule has 19 heavy (non-hydrogen) atoms. The van der Waals surface area contributed by atoms with Crippen molar-refractivity contribution in [1.82, 2.24) is 5.32 Å². The molecule has 0 heterocycles. The second-order valence-corrected chi connectivity index (χ2v) is 7.41. The van der Waals surface area contributed by atoms with Gasteiger partial charge in [-0.25, -0.2) is 0 Å². The number of hydrogen-bond acceptors (Lipinski definition) is 1. The summed E-state index contributed by atoms with van der Waals surface area (Å²) in [6, 6.07) is 9.07. The first-order valence-electron chi connectivity index (χ1n) is 7.43. The van der Waals surface area contributed by atoms with Crippen LogP contribution in [0.25, 0.3) is 0 Å². The molecule has 2 heteroatoms. The van der Waals surface area contributed by atoms with Crippen LogP contribution in [0.3, 0.4) is 0 Å². The molecule has 1 aliphatic carbocycles. The van der Waals surface area contributed by atoms with Crippen LogP contribution in [0.5, 0.6) is 0 Å². The minimum absolute atomic E-state index is 0.388. The van der Waals surface area contributed by atoms with E-state index in [-0.39, 0.29) is 0 Å². The molecule has 0 bridgehead atoms. The zero-order valence-electron chi connectivity index (χ0n) is 12.4. The van der Waals surface area contributed by atoms with Gasteiger partial charge < -0.3 is 5.32 Å². The van der Waals surface area contributed by atoms with Crippen molar-refractivity contribution in [1.29, 1.82) is 0 Å². The fourth-order valence-electron chi connectivity index (χ4n) is 2.38. The molecule has 0 aromatic heterocycles. The van der Waals surface area contributed by atoms with Gasteiger partial charge in [0, 0.05) is 17.6 Å². The van der Waals surface area contributed by atoms with Gasteiger partial charge in [0.05, 0.1) is 0 Å². The number of benzene rings is 1. The molecule has 1 unspecified atom stereocenters. The molecule has 1 aromatic rings. The van der Waals surface area contributed by atoms with Crippen LogP contribution in [0.2, 0.25) is 5.02 Å². The maximum atomic E-state index is 6.37. The Morgan fingerprint density at radius 2 is 1.95 bits per heavy atom. The van der Waals surface area contributed by atoms with Gasteiger partial charge in [-0.15, -0.1) is 0 Å². The second-order valence-electron chi connectivity index (χ2n) is 7.00. The average molecular weight is 280 g/mol. The van der Waals surface area contributed by atoms with Crippen LogP contribution < -0.4 is 5.32 Å². The van der Waals surface area contributed by atoms with Crippen LogP contribution in [0, 0.1) is 5.41 Å². The Morgan fingerprint density at radius 1 is 1.26 bits per heavy atom. The summed E-state index contributed by atoms with van der Waals surface area (Å²) >= 11 is 6.37. The van der Waals surface area contributed by atoms with E-state index in [9.17, 15) is 0 Å². The molecular formula is C17H26ClN. The molecule has 106 valence electrons. The van der Waals surface area contributed by atoms with E-state index in [1.165, 1.54) is 31.2 Å². The largest absolute Gasteiger partial charge is 0.313 e. The number of hydrogen-bond donors (Lipinski definition) is 1. The predicted molar refractivity (Wildman–Crippen MR) is 83.9 cm³/mol. The topological polar surface area (TPSA) is 12.0 Å². The van der Waals surface area contributed by atoms with E-state index in [1.807, 2.05) is 12.1 Å². The quantitative estimate of drug-likeness (QED) is 0.772. The molecule has 2 rings (SSSR count). The number of nitrogens with one attached hydrogen (secondary N) is 1. The summed E-state index contributed by atoms with van der Waals surface area (Å²) in [5.74, 6) is 0.536. The SMILES string of the molecule is CC(C)(C)CCC(CNC1CC1)c1ccccc1Cl. The summed E-state index contributed by atoms with van der Waals surface area (Å²) in [6.45, 7) is 7.99. The molecular weight excluding hydrogens is 254 g/mol. The van der Waals surface area contributed by atoms with E-state index < -0.39 is 0 Å². The van der Waals surface area contributed by atoms with Crippen molar-refractivity contribution in [3.05, 3.63) is 34.9 Å². The molecule has 1 fully saturated rings. The van der Waals surface area contributed by atoms with Gasteiger partial charge in [-0.3, -0.25) is 0 Å². The Bertz CT molecular complexity index is 404. The third kappa shape index (κ3) is 5.16. The normalized spacial score (nSPS) is 17.5. The van der Waals surface area contributed by atoms with Crippen molar-refractivity contribution in [2.24, 2.45) is 5.41 Å². The lowest BCUT2D eigenvalue weighted by Crippen LogP contribution is -2.24. The highest BCUT2D eigenvalue weighted by Crippen LogP contribution is 2.32. The Kier molecular flexibility index (Phi) is 4.92. The monoisotopic (exact) mass is 279 g/mol. The maximum absolute atomic E-state index is 6.37. The molecule has 1 atom stereocenters. The van der Waals surface area contributed by atoms with Crippen LogP contribution in [0.4, 0.5) is 0 Å². The molecule has 1 N–H and O–H groups in total. The van der Waals surface area contributed by atoms with Crippen LogP contribution >= 0.6 is 11.6 Å². The first-order valence-corrected chi connectivity index (χ1v) is 7.81. The standard InChI is InChI=1S/C17H26ClN/c1-17(2,3)11-10-13(12-19-14-8-9-14)15-6-4-5-7-16(15)18/h4-7,13-14,19H,8-12H2,1-3H3. The maximum Gasteiger partial charge on any atom is 0.0441 e. The van der Waals surface area contributed by atoms with Gasteiger partial charge in [0.1, 0.15) is 0 Å². The highest BCUT2D eigenvalue weighted by molar-refractivity contribution is 6.31. The van der Waals surface area contributed by atoms with Crippen molar-refractivity contribution in [3.63, 3.8) is 0 Å². The van der Waals surface area contributed by atoms with Crippen LogP contribution in [0.1, 0.15) is 57.9 Å².